The van der Waals surface area contributed by atoms with Gasteiger partial charge in [0.1, 0.15) is 0 Å². The molecule has 0 amide bonds. The quantitative estimate of drug-likeness (QED) is 0.627. The molecule has 0 aliphatic carbocycles. The van der Waals surface area contributed by atoms with Crippen LogP contribution in [0, 0.1) is 0 Å². The molecule has 102 valence electrons. The molecule has 3 rings (SSSR count). The first kappa shape index (κ1) is 12.3. The Bertz CT molecular complexity index is 777. The van der Waals surface area contributed by atoms with Crippen LogP contribution >= 0.6 is 0 Å². The number of hydrogen-bond acceptors (Lipinski definition) is 5. The van der Waals surface area contributed by atoms with E-state index in [1.807, 2.05) is 18.2 Å². The third kappa shape index (κ3) is 2.49. The molecule has 2 aromatic heterocycles. The highest BCUT2D eigenvalue weighted by Gasteiger charge is 2.06. The van der Waals surface area contributed by atoms with Gasteiger partial charge in [0.2, 0.25) is 0 Å². The molecule has 4 N–H and O–H groups in total. The van der Waals surface area contributed by atoms with Gasteiger partial charge in [-0.05, 0) is 18.2 Å². The van der Waals surface area contributed by atoms with Gasteiger partial charge < -0.3 is 15.5 Å². The van der Waals surface area contributed by atoms with E-state index in [0.29, 0.717) is 23.3 Å². The zero-order valence-corrected chi connectivity index (χ0v) is 10.7. The van der Waals surface area contributed by atoms with Crippen LogP contribution in [0.5, 0.6) is 0 Å². The number of anilines is 2. The van der Waals surface area contributed by atoms with Crippen molar-refractivity contribution in [3.05, 3.63) is 52.8 Å². The van der Waals surface area contributed by atoms with Gasteiger partial charge in [0.25, 0.3) is 0 Å². The van der Waals surface area contributed by atoms with Crippen LogP contribution in [-0.4, -0.2) is 16.5 Å². The summed E-state index contributed by atoms with van der Waals surface area (Å²) in [5.74, 6) is -0.481. The van der Waals surface area contributed by atoms with Crippen LogP contribution in [0.25, 0.3) is 11.1 Å². The average molecular weight is 270 g/mol. The van der Waals surface area contributed by atoms with Gasteiger partial charge in [-0.25, -0.2) is 4.79 Å². The molecule has 0 atom stereocenters. The number of pyridine rings is 1. The lowest BCUT2D eigenvalue weighted by Crippen LogP contribution is -2.07. The number of nitrogens with zero attached hydrogens (tertiary/aromatic N) is 1. The van der Waals surface area contributed by atoms with Crippen LogP contribution in [0.1, 0.15) is 5.69 Å². The third-order valence-electron chi connectivity index (χ3n) is 3.01. The summed E-state index contributed by atoms with van der Waals surface area (Å²) < 4.78 is 4.95. The highest BCUT2D eigenvalue weighted by molar-refractivity contribution is 5.85. The molecule has 0 saturated carbocycles. The number of benzene rings is 1. The van der Waals surface area contributed by atoms with Crippen molar-refractivity contribution in [3.8, 4) is 0 Å². The van der Waals surface area contributed by atoms with E-state index < -0.39 is 5.76 Å². The van der Waals surface area contributed by atoms with E-state index in [9.17, 15) is 4.79 Å². The monoisotopic (exact) mass is 270 g/mol. The normalized spacial score (nSPS) is 10.8. The predicted molar refractivity (Wildman–Crippen MR) is 77.7 cm³/mol. The summed E-state index contributed by atoms with van der Waals surface area (Å²) in [6, 6.07) is 9.23. The largest absolute Gasteiger partial charge is 0.417 e. The van der Waals surface area contributed by atoms with Crippen LogP contribution in [0.15, 0.2) is 45.7 Å². The molecule has 0 radical (unpaired) electrons. The minimum atomic E-state index is -0.481. The van der Waals surface area contributed by atoms with Gasteiger partial charge in [-0.1, -0.05) is 6.07 Å². The van der Waals surface area contributed by atoms with E-state index in [1.54, 1.807) is 18.3 Å². The maximum atomic E-state index is 11.1. The fourth-order valence-corrected chi connectivity index (χ4v) is 2.04. The van der Waals surface area contributed by atoms with Crippen molar-refractivity contribution in [1.82, 2.24) is 9.97 Å². The van der Waals surface area contributed by atoms with Crippen molar-refractivity contribution >= 4 is 22.5 Å². The molecular formula is C14H14N4O2. The second-order valence-electron chi connectivity index (χ2n) is 4.45. The smallest absolute Gasteiger partial charge is 0.408 e. The molecule has 0 aliphatic heterocycles. The van der Waals surface area contributed by atoms with Crippen LogP contribution in [0.2, 0.25) is 0 Å². The van der Waals surface area contributed by atoms with Crippen molar-refractivity contribution < 1.29 is 4.42 Å². The number of H-pyrrole nitrogens is 1. The fraction of sp³-hybridized carbons (Fsp3) is 0.143. The fourth-order valence-electron chi connectivity index (χ4n) is 2.04. The highest BCUT2D eigenvalue weighted by atomic mass is 16.4. The predicted octanol–water partition coefficient (Wildman–Crippen LogP) is 1.75. The van der Waals surface area contributed by atoms with E-state index in [2.05, 4.69) is 15.3 Å². The molecule has 20 heavy (non-hydrogen) atoms. The molecule has 0 unspecified atom stereocenters. The van der Waals surface area contributed by atoms with Gasteiger partial charge in [-0.3, -0.25) is 9.97 Å². The summed E-state index contributed by atoms with van der Waals surface area (Å²) in [5, 5.41) is 3.23. The minimum Gasteiger partial charge on any atom is -0.408 e. The molecular weight excluding hydrogens is 256 g/mol. The molecule has 0 aliphatic rings. The molecule has 1 aromatic carbocycles. The van der Waals surface area contributed by atoms with Gasteiger partial charge in [-0.15, -0.1) is 0 Å². The summed E-state index contributed by atoms with van der Waals surface area (Å²) in [6.45, 7) is 0.703. The number of nitrogen functional groups attached to an aromatic ring is 1. The van der Waals surface area contributed by atoms with Crippen LogP contribution in [-0.2, 0) is 6.42 Å². The highest BCUT2D eigenvalue weighted by Crippen LogP contribution is 2.24. The van der Waals surface area contributed by atoms with Gasteiger partial charge in [-0.2, -0.15) is 0 Å². The second kappa shape index (κ2) is 5.08. The standard InChI is InChI=1S/C14H14N4O2/c15-10-7-13-12(18-14(19)20-13)8-11(10)17-6-4-9-3-1-2-5-16-9/h1-3,5,7-8,17H,4,6,15H2,(H,18,19). The Kier molecular flexibility index (Phi) is 3.12. The molecule has 6 nitrogen and oxygen atoms in total. The van der Waals surface area contributed by atoms with Gasteiger partial charge in [0, 0.05) is 30.9 Å². The lowest BCUT2D eigenvalue weighted by molar-refractivity contribution is 0.555. The lowest BCUT2D eigenvalue weighted by atomic mass is 10.2. The topological polar surface area (TPSA) is 96.9 Å². The molecule has 2 heterocycles. The number of rotatable bonds is 4. The first-order chi connectivity index (χ1) is 9.72. The zero-order valence-electron chi connectivity index (χ0n) is 10.7. The Morgan fingerprint density at radius 2 is 2.25 bits per heavy atom. The maximum absolute atomic E-state index is 11.1. The average Bonchev–Trinajstić information content (AvgIpc) is 2.79. The maximum Gasteiger partial charge on any atom is 0.417 e. The van der Waals surface area contributed by atoms with Crippen molar-refractivity contribution in [3.63, 3.8) is 0 Å². The number of oxazole rings is 1. The van der Waals surface area contributed by atoms with Gasteiger partial charge in [0.15, 0.2) is 5.58 Å². The number of fused-ring (bicyclic) bond motifs is 1. The number of nitrogens with two attached hydrogens (primary N) is 1. The van der Waals surface area contributed by atoms with Gasteiger partial charge in [0.05, 0.1) is 16.9 Å². The molecule has 0 fully saturated rings. The Morgan fingerprint density at radius 1 is 1.35 bits per heavy atom. The van der Waals surface area contributed by atoms with E-state index in [4.69, 9.17) is 10.2 Å². The molecule has 0 saturated heterocycles. The Labute approximate surface area is 114 Å². The Balaban J connectivity index is 1.74. The third-order valence-corrected chi connectivity index (χ3v) is 3.01. The van der Waals surface area contributed by atoms with Crippen molar-refractivity contribution in [2.24, 2.45) is 0 Å². The molecule has 0 bridgehead atoms. The number of aromatic amines is 1. The van der Waals surface area contributed by atoms with Crippen molar-refractivity contribution in [1.29, 1.82) is 0 Å². The summed E-state index contributed by atoms with van der Waals surface area (Å²) >= 11 is 0. The summed E-state index contributed by atoms with van der Waals surface area (Å²) in [7, 11) is 0. The molecule has 0 spiro atoms. The van der Waals surface area contributed by atoms with E-state index in [-0.39, 0.29) is 0 Å². The number of nitrogens with one attached hydrogen (secondary N) is 2. The van der Waals surface area contributed by atoms with Crippen LogP contribution in [0.3, 0.4) is 0 Å². The molecule has 3 aromatic rings. The van der Waals surface area contributed by atoms with Gasteiger partial charge >= 0.3 is 5.76 Å². The summed E-state index contributed by atoms with van der Waals surface area (Å²) in [5.41, 5.74) is 9.33. The number of aromatic nitrogens is 2. The number of hydrogen-bond donors (Lipinski definition) is 3. The van der Waals surface area contributed by atoms with E-state index in [0.717, 1.165) is 17.8 Å². The van der Waals surface area contributed by atoms with E-state index in [1.165, 1.54) is 0 Å². The minimum absolute atomic E-state index is 0.461. The first-order valence-corrected chi connectivity index (χ1v) is 6.28. The lowest BCUT2D eigenvalue weighted by Gasteiger charge is -2.08. The second-order valence-corrected chi connectivity index (χ2v) is 4.45. The summed E-state index contributed by atoms with van der Waals surface area (Å²) in [6.07, 6.45) is 2.56. The van der Waals surface area contributed by atoms with Crippen molar-refractivity contribution in [2.45, 2.75) is 6.42 Å². The SMILES string of the molecule is Nc1cc2oc(=O)[nH]c2cc1NCCc1ccccn1. The Morgan fingerprint density at radius 3 is 3.05 bits per heavy atom. The summed E-state index contributed by atoms with van der Waals surface area (Å²) in [4.78, 5) is 18.0. The Hall–Kier alpha value is -2.76. The first-order valence-electron chi connectivity index (χ1n) is 6.28. The zero-order chi connectivity index (χ0) is 13.9. The van der Waals surface area contributed by atoms with E-state index >= 15 is 0 Å². The van der Waals surface area contributed by atoms with Crippen LogP contribution in [0.4, 0.5) is 11.4 Å². The molecule has 6 heteroatoms. The van der Waals surface area contributed by atoms with Crippen LogP contribution < -0.4 is 16.8 Å². The van der Waals surface area contributed by atoms with Crippen molar-refractivity contribution in [2.75, 3.05) is 17.6 Å².